The molecule has 4 nitrogen and oxygen atoms in total. The van der Waals surface area contributed by atoms with Crippen LogP contribution in [0.5, 0.6) is 0 Å². The number of hydrogen-bond acceptors (Lipinski definition) is 3. The van der Waals surface area contributed by atoms with E-state index in [1.54, 1.807) is 4.68 Å². The Morgan fingerprint density at radius 2 is 1.88 bits per heavy atom. The molecule has 0 saturated heterocycles. The van der Waals surface area contributed by atoms with Crippen LogP contribution in [0.25, 0.3) is 0 Å². The van der Waals surface area contributed by atoms with Crippen LogP contribution >= 0.6 is 15.9 Å². The number of aliphatic hydroxyl groups excluding tert-OH is 2. The van der Waals surface area contributed by atoms with Gasteiger partial charge in [-0.2, -0.15) is 5.10 Å². The first-order valence-electron chi connectivity index (χ1n) is 5.68. The molecule has 0 aromatic carbocycles. The summed E-state index contributed by atoms with van der Waals surface area (Å²) < 4.78 is 2.64. The van der Waals surface area contributed by atoms with Gasteiger partial charge in [-0.1, -0.05) is 20.8 Å². The molecule has 2 unspecified atom stereocenters. The second-order valence-electron chi connectivity index (χ2n) is 5.55. The summed E-state index contributed by atoms with van der Waals surface area (Å²) in [5.74, 6) is 0. The molecule has 0 aliphatic rings. The van der Waals surface area contributed by atoms with Gasteiger partial charge >= 0.3 is 0 Å². The van der Waals surface area contributed by atoms with Gasteiger partial charge in [-0.05, 0) is 28.3 Å². The van der Waals surface area contributed by atoms with Crippen molar-refractivity contribution in [2.75, 3.05) is 0 Å². The summed E-state index contributed by atoms with van der Waals surface area (Å²) in [6.07, 6.45) is -1.16. The molecule has 1 aromatic heterocycles. The summed E-state index contributed by atoms with van der Waals surface area (Å²) in [6.45, 7) is 7.62. The molecule has 98 valence electrons. The highest BCUT2D eigenvalue weighted by Crippen LogP contribution is 2.26. The Kier molecular flexibility index (Phi) is 4.38. The maximum atomic E-state index is 10.1. The van der Waals surface area contributed by atoms with Crippen LogP contribution in [0.3, 0.4) is 0 Å². The zero-order chi connectivity index (χ0) is 13.4. The molecule has 0 aliphatic heterocycles. The fraction of sp³-hybridized carbons (Fsp3) is 0.750. The lowest BCUT2D eigenvalue weighted by molar-refractivity contribution is -0.0441. The van der Waals surface area contributed by atoms with Crippen molar-refractivity contribution in [1.82, 2.24) is 9.78 Å². The fourth-order valence-corrected chi connectivity index (χ4v) is 2.29. The summed E-state index contributed by atoms with van der Waals surface area (Å²) in [5.41, 5.74) is 1.46. The lowest BCUT2D eigenvalue weighted by atomic mass is 9.84. The van der Waals surface area contributed by atoms with Gasteiger partial charge in [0.05, 0.1) is 28.1 Å². The molecule has 0 bridgehead atoms. The summed E-state index contributed by atoms with van der Waals surface area (Å²) in [6, 6.07) is 0. The van der Waals surface area contributed by atoms with Crippen LogP contribution in [-0.2, 0) is 13.5 Å². The zero-order valence-corrected chi connectivity index (χ0v) is 12.6. The van der Waals surface area contributed by atoms with Crippen LogP contribution in [0.1, 0.15) is 32.2 Å². The number of aromatic nitrogens is 2. The molecular formula is C12H21BrN2O2. The van der Waals surface area contributed by atoms with Gasteiger partial charge < -0.3 is 10.2 Å². The van der Waals surface area contributed by atoms with E-state index in [2.05, 4.69) is 21.0 Å². The lowest BCUT2D eigenvalue weighted by Gasteiger charge is -2.30. The molecular weight excluding hydrogens is 284 g/mol. The van der Waals surface area contributed by atoms with Crippen molar-refractivity contribution in [3.05, 3.63) is 15.9 Å². The molecule has 0 aliphatic carbocycles. The average Bonchev–Trinajstić information content (AvgIpc) is 2.42. The zero-order valence-electron chi connectivity index (χ0n) is 11.0. The van der Waals surface area contributed by atoms with Crippen molar-refractivity contribution in [2.24, 2.45) is 12.5 Å². The molecule has 0 spiro atoms. The number of nitrogens with zero attached hydrogens (tertiary/aromatic N) is 2. The molecule has 2 N–H and O–H groups in total. The van der Waals surface area contributed by atoms with Gasteiger partial charge in [0.25, 0.3) is 0 Å². The Hall–Kier alpha value is -0.390. The number of halogens is 1. The molecule has 0 radical (unpaired) electrons. The number of aliphatic hydroxyl groups is 2. The average molecular weight is 305 g/mol. The maximum Gasteiger partial charge on any atom is 0.0859 e. The second kappa shape index (κ2) is 5.08. The maximum absolute atomic E-state index is 10.1. The number of rotatable bonds is 3. The SMILES string of the molecule is Cc1nn(C)c(CC(O)C(O)C(C)(C)C)c1Br. The summed E-state index contributed by atoms with van der Waals surface area (Å²) >= 11 is 3.45. The summed E-state index contributed by atoms with van der Waals surface area (Å²) in [5, 5.41) is 24.3. The monoisotopic (exact) mass is 304 g/mol. The van der Waals surface area contributed by atoms with Gasteiger partial charge in [0.2, 0.25) is 0 Å². The third-order valence-electron chi connectivity index (χ3n) is 2.92. The highest BCUT2D eigenvalue weighted by molar-refractivity contribution is 9.10. The van der Waals surface area contributed by atoms with Crippen molar-refractivity contribution < 1.29 is 10.2 Å². The lowest BCUT2D eigenvalue weighted by Crippen LogP contribution is -2.39. The first-order chi connectivity index (χ1) is 7.64. The third kappa shape index (κ3) is 3.30. The molecule has 17 heavy (non-hydrogen) atoms. The third-order valence-corrected chi connectivity index (χ3v) is 3.95. The van der Waals surface area contributed by atoms with Gasteiger partial charge in [-0.15, -0.1) is 0 Å². The Morgan fingerprint density at radius 1 is 1.35 bits per heavy atom. The minimum Gasteiger partial charge on any atom is -0.390 e. The van der Waals surface area contributed by atoms with Crippen molar-refractivity contribution in [2.45, 2.75) is 46.3 Å². The molecule has 0 amide bonds. The van der Waals surface area contributed by atoms with E-state index >= 15 is 0 Å². The van der Waals surface area contributed by atoms with E-state index in [4.69, 9.17) is 0 Å². The van der Waals surface area contributed by atoms with Gasteiger partial charge in [0.15, 0.2) is 0 Å². The van der Waals surface area contributed by atoms with E-state index in [9.17, 15) is 10.2 Å². The van der Waals surface area contributed by atoms with Crippen molar-refractivity contribution >= 4 is 15.9 Å². The Labute approximate surface area is 111 Å². The Balaban J connectivity index is 2.85. The summed E-state index contributed by atoms with van der Waals surface area (Å²) in [4.78, 5) is 0. The van der Waals surface area contributed by atoms with Crippen LogP contribution in [0, 0.1) is 12.3 Å². The van der Waals surface area contributed by atoms with Crippen molar-refractivity contribution in [3.63, 3.8) is 0 Å². The second-order valence-corrected chi connectivity index (χ2v) is 6.35. The minimum atomic E-state index is -0.791. The Bertz CT molecular complexity index is 396. The van der Waals surface area contributed by atoms with Gasteiger partial charge in [-0.25, -0.2) is 0 Å². The molecule has 5 heteroatoms. The van der Waals surface area contributed by atoms with E-state index in [-0.39, 0.29) is 5.41 Å². The quantitative estimate of drug-likeness (QED) is 0.895. The van der Waals surface area contributed by atoms with E-state index < -0.39 is 12.2 Å². The number of aryl methyl sites for hydroxylation is 2. The molecule has 1 rings (SSSR count). The van der Waals surface area contributed by atoms with Gasteiger partial charge in [-0.3, -0.25) is 4.68 Å². The summed E-state index contributed by atoms with van der Waals surface area (Å²) in [7, 11) is 1.84. The molecule has 0 saturated carbocycles. The van der Waals surface area contributed by atoms with Gasteiger partial charge in [0.1, 0.15) is 0 Å². The predicted molar refractivity (Wildman–Crippen MR) is 70.8 cm³/mol. The van der Waals surface area contributed by atoms with Crippen LogP contribution in [0.4, 0.5) is 0 Å². The first kappa shape index (κ1) is 14.7. The van der Waals surface area contributed by atoms with Crippen LogP contribution in [-0.4, -0.2) is 32.2 Å². The van der Waals surface area contributed by atoms with E-state index in [0.717, 1.165) is 15.9 Å². The molecule has 2 atom stereocenters. The normalized spacial score (nSPS) is 16.0. The smallest absolute Gasteiger partial charge is 0.0859 e. The Morgan fingerprint density at radius 3 is 2.24 bits per heavy atom. The largest absolute Gasteiger partial charge is 0.390 e. The molecule has 1 heterocycles. The standard InChI is InChI=1S/C12H21BrN2O2/c1-7-10(13)8(15(5)14-7)6-9(16)11(17)12(2,3)4/h9,11,16-17H,6H2,1-5H3. The van der Waals surface area contributed by atoms with Gasteiger partial charge in [0, 0.05) is 13.5 Å². The number of hydrogen-bond donors (Lipinski definition) is 2. The van der Waals surface area contributed by atoms with Crippen molar-refractivity contribution in [3.8, 4) is 0 Å². The van der Waals surface area contributed by atoms with Crippen molar-refractivity contribution in [1.29, 1.82) is 0 Å². The highest BCUT2D eigenvalue weighted by atomic mass is 79.9. The van der Waals surface area contributed by atoms with Crippen LogP contribution < -0.4 is 0 Å². The highest BCUT2D eigenvalue weighted by Gasteiger charge is 2.30. The minimum absolute atomic E-state index is 0.334. The van der Waals surface area contributed by atoms with E-state index in [0.29, 0.717) is 6.42 Å². The molecule has 1 aromatic rings. The first-order valence-corrected chi connectivity index (χ1v) is 6.48. The van der Waals surface area contributed by atoms with Crippen LogP contribution in [0.15, 0.2) is 4.47 Å². The van der Waals surface area contributed by atoms with E-state index in [1.807, 2.05) is 34.7 Å². The van der Waals surface area contributed by atoms with E-state index in [1.165, 1.54) is 0 Å². The molecule has 0 fully saturated rings. The fourth-order valence-electron chi connectivity index (χ4n) is 1.79. The topological polar surface area (TPSA) is 58.3 Å². The van der Waals surface area contributed by atoms with Crippen LogP contribution in [0.2, 0.25) is 0 Å². The predicted octanol–water partition coefficient (Wildman–Crippen LogP) is 1.80.